The highest BCUT2D eigenvalue weighted by atomic mass is 16.4. The molecule has 1 saturated heterocycles. The van der Waals surface area contributed by atoms with Crippen molar-refractivity contribution in [3.8, 4) is 0 Å². The van der Waals surface area contributed by atoms with Crippen molar-refractivity contribution in [2.75, 3.05) is 6.61 Å². The van der Waals surface area contributed by atoms with Crippen molar-refractivity contribution in [2.45, 2.75) is 24.9 Å². The Kier molecular flexibility index (Phi) is 1.32. The summed E-state index contributed by atoms with van der Waals surface area (Å²) in [5, 5.41) is 17.5. The Bertz CT molecular complexity index is 194. The van der Waals surface area contributed by atoms with E-state index in [9.17, 15) is 4.79 Å². The third kappa shape index (κ3) is 0.894. The fraction of sp³-hybridized carbons (Fsp3) is 0.857. The van der Waals surface area contributed by atoms with E-state index < -0.39 is 6.09 Å². The second-order valence-corrected chi connectivity index (χ2v) is 3.33. The number of aliphatic hydroxyl groups excluding tert-OH is 1. The third-order valence-corrected chi connectivity index (χ3v) is 2.64. The molecule has 0 radical (unpaired) electrons. The van der Waals surface area contributed by atoms with Gasteiger partial charge in [-0.15, -0.1) is 0 Å². The van der Waals surface area contributed by atoms with Crippen LogP contribution >= 0.6 is 0 Å². The highest BCUT2D eigenvalue weighted by molar-refractivity contribution is 5.67. The predicted octanol–water partition coefficient (Wildman–Crippen LogP) is 0.119. The van der Waals surface area contributed by atoms with Gasteiger partial charge in [0.05, 0.1) is 12.6 Å². The average Bonchev–Trinajstić information content (AvgIpc) is 2.61. The van der Waals surface area contributed by atoms with Crippen LogP contribution in [0, 0.1) is 5.92 Å². The summed E-state index contributed by atoms with van der Waals surface area (Å²) in [6.45, 7) is -0.0285. The molecule has 0 spiro atoms. The molecule has 0 bridgehead atoms. The first kappa shape index (κ1) is 6.91. The molecule has 2 fully saturated rings. The van der Waals surface area contributed by atoms with Crippen molar-refractivity contribution in [3.05, 3.63) is 0 Å². The Morgan fingerprint density at radius 1 is 1.55 bits per heavy atom. The zero-order valence-corrected chi connectivity index (χ0v) is 6.10. The van der Waals surface area contributed by atoms with Crippen LogP contribution in [-0.2, 0) is 0 Å². The number of aliphatic hydroxyl groups is 1. The summed E-state index contributed by atoms with van der Waals surface area (Å²) < 4.78 is 0. The Balaban J connectivity index is 2.08. The van der Waals surface area contributed by atoms with Crippen molar-refractivity contribution in [3.63, 3.8) is 0 Å². The van der Waals surface area contributed by atoms with Gasteiger partial charge < -0.3 is 10.2 Å². The van der Waals surface area contributed by atoms with Gasteiger partial charge in [0, 0.05) is 6.04 Å². The minimum absolute atomic E-state index is 0.0285. The van der Waals surface area contributed by atoms with E-state index in [1.807, 2.05) is 0 Å². The normalized spacial score (nSPS) is 40.5. The maximum Gasteiger partial charge on any atom is 0.407 e. The lowest BCUT2D eigenvalue weighted by atomic mass is 10.2. The van der Waals surface area contributed by atoms with Gasteiger partial charge in [0.2, 0.25) is 0 Å². The largest absolute Gasteiger partial charge is 0.465 e. The van der Waals surface area contributed by atoms with E-state index >= 15 is 0 Å². The number of amides is 1. The second kappa shape index (κ2) is 2.11. The molecule has 1 aliphatic heterocycles. The van der Waals surface area contributed by atoms with Gasteiger partial charge >= 0.3 is 6.09 Å². The summed E-state index contributed by atoms with van der Waals surface area (Å²) in [5.41, 5.74) is 0. The molecule has 1 heterocycles. The topological polar surface area (TPSA) is 60.8 Å². The van der Waals surface area contributed by atoms with E-state index in [-0.39, 0.29) is 18.7 Å². The Morgan fingerprint density at radius 3 is 2.73 bits per heavy atom. The number of piperidine rings is 1. The lowest BCUT2D eigenvalue weighted by Crippen LogP contribution is -2.39. The summed E-state index contributed by atoms with van der Waals surface area (Å²) in [6, 6.07) is 0.0981. The Hall–Kier alpha value is -0.770. The quantitative estimate of drug-likeness (QED) is 0.568. The SMILES string of the molecule is O=C(O)N1C(CO)CC2CC21. The third-order valence-electron chi connectivity index (χ3n) is 2.64. The van der Waals surface area contributed by atoms with Gasteiger partial charge in [0.25, 0.3) is 0 Å². The van der Waals surface area contributed by atoms with Crippen LogP contribution in [0.4, 0.5) is 4.79 Å². The monoisotopic (exact) mass is 157 g/mol. The first-order chi connectivity index (χ1) is 5.24. The van der Waals surface area contributed by atoms with Crippen LogP contribution in [0.1, 0.15) is 12.8 Å². The molecule has 4 heteroatoms. The minimum atomic E-state index is -0.881. The maximum atomic E-state index is 10.6. The standard InChI is InChI=1S/C7H11NO3/c9-3-5-1-4-2-6(4)8(5)7(10)11/h4-6,9H,1-3H2,(H,10,11). The molecule has 1 amide bonds. The molecule has 2 N–H and O–H groups in total. The summed E-state index contributed by atoms with van der Waals surface area (Å²) in [7, 11) is 0. The van der Waals surface area contributed by atoms with Crippen molar-refractivity contribution >= 4 is 6.09 Å². The zero-order chi connectivity index (χ0) is 8.01. The molecule has 11 heavy (non-hydrogen) atoms. The van der Waals surface area contributed by atoms with Gasteiger partial charge in [-0.2, -0.15) is 0 Å². The molecule has 3 unspecified atom stereocenters. The van der Waals surface area contributed by atoms with Crippen LogP contribution in [0.5, 0.6) is 0 Å². The van der Waals surface area contributed by atoms with E-state index in [0.29, 0.717) is 5.92 Å². The lowest BCUT2D eigenvalue weighted by molar-refractivity contribution is 0.106. The molecule has 0 aromatic carbocycles. The zero-order valence-electron chi connectivity index (χ0n) is 6.10. The molecular weight excluding hydrogens is 146 g/mol. The molecule has 1 aliphatic carbocycles. The molecular formula is C7H11NO3. The van der Waals surface area contributed by atoms with Crippen molar-refractivity contribution < 1.29 is 15.0 Å². The van der Waals surface area contributed by atoms with Gasteiger partial charge in [-0.3, -0.25) is 4.90 Å². The lowest BCUT2D eigenvalue weighted by Gasteiger charge is -2.22. The van der Waals surface area contributed by atoms with Crippen LogP contribution in [0.15, 0.2) is 0 Å². The van der Waals surface area contributed by atoms with E-state index in [1.54, 1.807) is 0 Å². The summed E-state index contributed by atoms with van der Waals surface area (Å²) in [5.74, 6) is 0.545. The minimum Gasteiger partial charge on any atom is -0.465 e. The maximum absolute atomic E-state index is 10.6. The Morgan fingerprint density at radius 2 is 2.27 bits per heavy atom. The molecule has 62 valence electrons. The summed E-state index contributed by atoms with van der Waals surface area (Å²) in [6.07, 6.45) is 0.977. The second-order valence-electron chi connectivity index (χ2n) is 3.33. The number of rotatable bonds is 1. The molecule has 0 aromatic rings. The number of carboxylic acid groups (broad SMARTS) is 1. The van der Waals surface area contributed by atoms with Gasteiger partial charge in [-0.25, -0.2) is 4.79 Å². The molecule has 2 rings (SSSR count). The predicted molar refractivity (Wildman–Crippen MR) is 37.2 cm³/mol. The number of likely N-dealkylation sites (tertiary alicyclic amines) is 1. The van der Waals surface area contributed by atoms with Gasteiger partial charge in [0.15, 0.2) is 0 Å². The fourth-order valence-corrected chi connectivity index (χ4v) is 2.02. The molecule has 2 aliphatic rings. The van der Waals surface area contributed by atoms with E-state index in [2.05, 4.69) is 0 Å². The molecule has 1 saturated carbocycles. The van der Waals surface area contributed by atoms with Crippen LogP contribution in [0.2, 0.25) is 0 Å². The van der Waals surface area contributed by atoms with Crippen molar-refractivity contribution in [1.29, 1.82) is 0 Å². The van der Waals surface area contributed by atoms with Crippen molar-refractivity contribution in [2.24, 2.45) is 5.92 Å². The summed E-state index contributed by atoms with van der Waals surface area (Å²) >= 11 is 0. The highest BCUT2D eigenvalue weighted by Gasteiger charge is 2.53. The van der Waals surface area contributed by atoms with E-state index in [1.165, 1.54) is 4.90 Å². The number of carbonyl (C=O) groups is 1. The number of hydrogen-bond acceptors (Lipinski definition) is 2. The number of nitrogens with zero attached hydrogens (tertiary/aromatic N) is 1. The van der Waals surface area contributed by atoms with Crippen LogP contribution < -0.4 is 0 Å². The number of hydrogen-bond donors (Lipinski definition) is 2. The fourth-order valence-electron chi connectivity index (χ4n) is 2.02. The smallest absolute Gasteiger partial charge is 0.407 e. The van der Waals surface area contributed by atoms with E-state index in [0.717, 1.165) is 12.8 Å². The number of fused-ring (bicyclic) bond motifs is 1. The summed E-state index contributed by atoms with van der Waals surface area (Å²) in [4.78, 5) is 12.0. The van der Waals surface area contributed by atoms with E-state index in [4.69, 9.17) is 10.2 Å². The van der Waals surface area contributed by atoms with Gasteiger partial charge in [-0.05, 0) is 18.8 Å². The molecule has 3 atom stereocenters. The van der Waals surface area contributed by atoms with Crippen LogP contribution in [0.25, 0.3) is 0 Å². The molecule has 0 aromatic heterocycles. The van der Waals surface area contributed by atoms with Crippen molar-refractivity contribution in [1.82, 2.24) is 4.90 Å². The average molecular weight is 157 g/mol. The highest BCUT2D eigenvalue weighted by Crippen LogP contribution is 2.47. The Labute approximate surface area is 64.4 Å². The van der Waals surface area contributed by atoms with Crippen LogP contribution in [-0.4, -0.2) is 39.9 Å². The van der Waals surface area contributed by atoms with Gasteiger partial charge in [-0.1, -0.05) is 0 Å². The first-order valence-electron chi connectivity index (χ1n) is 3.86. The van der Waals surface area contributed by atoms with Gasteiger partial charge in [0.1, 0.15) is 0 Å². The van der Waals surface area contributed by atoms with Crippen LogP contribution in [0.3, 0.4) is 0 Å². The molecule has 4 nitrogen and oxygen atoms in total. The first-order valence-corrected chi connectivity index (χ1v) is 3.86.